The van der Waals surface area contributed by atoms with Gasteiger partial charge in [-0.05, 0) is 55.8 Å². The molecule has 1 aromatic heterocycles. The highest BCUT2D eigenvalue weighted by Gasteiger charge is 2.24. The number of nitrogens with zero attached hydrogens (tertiary/aromatic N) is 4. The van der Waals surface area contributed by atoms with E-state index < -0.39 is 0 Å². The Morgan fingerprint density at radius 3 is 2.61 bits per heavy atom. The van der Waals surface area contributed by atoms with Crippen LogP contribution >= 0.6 is 24.0 Å². The summed E-state index contributed by atoms with van der Waals surface area (Å²) < 4.78 is 7.34. The van der Waals surface area contributed by atoms with E-state index in [2.05, 4.69) is 43.8 Å². The third-order valence-electron chi connectivity index (χ3n) is 5.86. The quantitative estimate of drug-likeness (QED) is 0.248. The summed E-state index contributed by atoms with van der Waals surface area (Å²) in [5.74, 6) is 1.68. The fourth-order valence-corrected chi connectivity index (χ4v) is 4.13. The molecule has 4 rings (SSSR count). The molecule has 0 bridgehead atoms. The average Bonchev–Trinajstić information content (AvgIpc) is 3.55. The summed E-state index contributed by atoms with van der Waals surface area (Å²) in [5.41, 5.74) is 3.41. The average molecular weight is 560 g/mol. The molecule has 1 aliphatic heterocycles. The van der Waals surface area contributed by atoms with Gasteiger partial charge in [-0.2, -0.15) is 5.10 Å². The SMILES string of the molecule is CN=C(NCc1cnn(-c2ccccc2)c1)NCC(c1cccc(OC)c1)N1CCCC1.I. The molecule has 0 aliphatic carbocycles. The lowest BCUT2D eigenvalue weighted by molar-refractivity contribution is 0.245. The van der Waals surface area contributed by atoms with Crippen molar-refractivity contribution in [2.24, 2.45) is 4.99 Å². The molecule has 2 N–H and O–H groups in total. The second kappa shape index (κ2) is 12.6. The van der Waals surface area contributed by atoms with Crippen LogP contribution in [-0.4, -0.2) is 54.4 Å². The molecule has 176 valence electrons. The Labute approximate surface area is 213 Å². The molecule has 8 heteroatoms. The maximum atomic E-state index is 5.45. The Morgan fingerprint density at radius 1 is 1.09 bits per heavy atom. The number of likely N-dealkylation sites (tertiary alicyclic amines) is 1. The number of hydrogen-bond acceptors (Lipinski definition) is 4. The smallest absolute Gasteiger partial charge is 0.191 e. The lowest BCUT2D eigenvalue weighted by Crippen LogP contribution is -2.42. The van der Waals surface area contributed by atoms with Crippen LogP contribution in [0.5, 0.6) is 5.75 Å². The molecule has 0 saturated carbocycles. The van der Waals surface area contributed by atoms with E-state index in [4.69, 9.17) is 4.74 Å². The minimum atomic E-state index is 0. The summed E-state index contributed by atoms with van der Waals surface area (Å²) in [5, 5.41) is 11.4. The topological polar surface area (TPSA) is 66.7 Å². The molecular weight excluding hydrogens is 527 g/mol. The van der Waals surface area contributed by atoms with E-state index in [1.165, 1.54) is 18.4 Å². The summed E-state index contributed by atoms with van der Waals surface area (Å²) >= 11 is 0. The maximum Gasteiger partial charge on any atom is 0.191 e. The van der Waals surface area contributed by atoms with Gasteiger partial charge in [-0.25, -0.2) is 4.68 Å². The van der Waals surface area contributed by atoms with Gasteiger partial charge in [0.15, 0.2) is 5.96 Å². The fourth-order valence-electron chi connectivity index (χ4n) is 4.13. The van der Waals surface area contributed by atoms with Gasteiger partial charge in [0.25, 0.3) is 0 Å². The first-order valence-corrected chi connectivity index (χ1v) is 11.2. The summed E-state index contributed by atoms with van der Waals surface area (Å²) in [7, 11) is 3.52. The van der Waals surface area contributed by atoms with Gasteiger partial charge >= 0.3 is 0 Å². The number of hydrogen-bond donors (Lipinski definition) is 2. The number of methoxy groups -OCH3 is 1. The highest BCUT2D eigenvalue weighted by molar-refractivity contribution is 14.0. The fraction of sp³-hybridized carbons (Fsp3) is 0.360. The van der Waals surface area contributed by atoms with Gasteiger partial charge in [0.05, 0.1) is 25.0 Å². The molecule has 2 heterocycles. The first kappa shape index (κ1) is 25.0. The lowest BCUT2D eigenvalue weighted by atomic mass is 10.1. The summed E-state index contributed by atoms with van der Waals surface area (Å²) in [4.78, 5) is 6.96. The number of benzene rings is 2. The van der Waals surface area contributed by atoms with E-state index in [1.807, 2.05) is 53.5 Å². The zero-order chi connectivity index (χ0) is 22.2. The second-order valence-electron chi connectivity index (χ2n) is 7.97. The number of guanidine groups is 1. The number of halogens is 1. The number of ether oxygens (including phenoxy) is 1. The lowest BCUT2D eigenvalue weighted by Gasteiger charge is -2.29. The van der Waals surface area contributed by atoms with Crippen molar-refractivity contribution in [3.8, 4) is 11.4 Å². The molecule has 1 fully saturated rings. The van der Waals surface area contributed by atoms with Gasteiger partial charge in [-0.3, -0.25) is 9.89 Å². The third-order valence-corrected chi connectivity index (χ3v) is 5.86. The second-order valence-corrected chi connectivity index (χ2v) is 7.97. The molecule has 7 nitrogen and oxygen atoms in total. The summed E-state index contributed by atoms with van der Waals surface area (Å²) in [6.45, 7) is 3.67. The van der Waals surface area contributed by atoms with Crippen molar-refractivity contribution < 1.29 is 4.74 Å². The number of aromatic nitrogens is 2. The molecule has 0 spiro atoms. The molecule has 3 aromatic rings. The molecule has 1 aliphatic rings. The Kier molecular flexibility index (Phi) is 9.56. The molecular formula is C25H33IN6O. The monoisotopic (exact) mass is 560 g/mol. The standard InChI is InChI=1S/C25H32N6O.HI/c1-26-25(27-16-20-17-29-31(19-20)22-10-4-3-5-11-22)28-18-24(30-13-6-7-14-30)21-9-8-12-23(15-21)32-2;/h3-5,8-12,15,17,19,24H,6-7,13-14,16,18H2,1-2H3,(H2,26,27,28);1H. The van der Waals surface area contributed by atoms with Gasteiger partial charge < -0.3 is 15.4 Å². The van der Waals surface area contributed by atoms with Crippen LogP contribution in [0.1, 0.15) is 30.0 Å². The van der Waals surface area contributed by atoms with Gasteiger partial charge in [-0.1, -0.05) is 30.3 Å². The van der Waals surface area contributed by atoms with Crippen molar-refractivity contribution in [2.45, 2.75) is 25.4 Å². The van der Waals surface area contributed by atoms with E-state index in [1.54, 1.807) is 14.2 Å². The van der Waals surface area contributed by atoms with Crippen LogP contribution in [0.2, 0.25) is 0 Å². The molecule has 1 saturated heterocycles. The highest BCUT2D eigenvalue weighted by Crippen LogP contribution is 2.27. The minimum absolute atomic E-state index is 0. The van der Waals surface area contributed by atoms with Crippen LogP contribution in [-0.2, 0) is 6.54 Å². The van der Waals surface area contributed by atoms with Gasteiger partial charge in [0.2, 0.25) is 0 Å². The Bertz CT molecular complexity index is 1020. The number of para-hydroxylation sites is 1. The molecule has 2 aromatic carbocycles. The molecule has 1 atom stereocenters. The van der Waals surface area contributed by atoms with Crippen LogP contribution in [0.4, 0.5) is 0 Å². The Hall–Kier alpha value is -2.59. The van der Waals surface area contributed by atoms with Crippen LogP contribution in [0, 0.1) is 0 Å². The van der Waals surface area contributed by atoms with Gasteiger partial charge in [0, 0.05) is 31.9 Å². The number of rotatable bonds is 8. The van der Waals surface area contributed by atoms with Gasteiger partial charge in [0.1, 0.15) is 5.75 Å². The van der Waals surface area contributed by atoms with Crippen molar-refractivity contribution in [1.29, 1.82) is 0 Å². The van der Waals surface area contributed by atoms with E-state index in [0.717, 1.165) is 42.6 Å². The summed E-state index contributed by atoms with van der Waals surface area (Å²) in [6, 6.07) is 18.8. The number of aliphatic imine (C=N–C) groups is 1. The van der Waals surface area contributed by atoms with E-state index in [9.17, 15) is 0 Å². The predicted octanol–water partition coefficient (Wildman–Crippen LogP) is 4.00. The van der Waals surface area contributed by atoms with Crippen LogP contribution in [0.25, 0.3) is 5.69 Å². The largest absolute Gasteiger partial charge is 0.497 e. The first-order valence-electron chi connectivity index (χ1n) is 11.2. The van der Waals surface area contributed by atoms with Crippen molar-refractivity contribution in [3.05, 3.63) is 78.1 Å². The highest BCUT2D eigenvalue weighted by atomic mass is 127. The molecule has 0 amide bonds. The van der Waals surface area contributed by atoms with Gasteiger partial charge in [-0.15, -0.1) is 24.0 Å². The van der Waals surface area contributed by atoms with Crippen molar-refractivity contribution in [2.75, 3.05) is 33.8 Å². The van der Waals surface area contributed by atoms with Crippen molar-refractivity contribution >= 4 is 29.9 Å². The van der Waals surface area contributed by atoms with Crippen molar-refractivity contribution in [1.82, 2.24) is 25.3 Å². The van der Waals surface area contributed by atoms with Crippen LogP contribution in [0.3, 0.4) is 0 Å². The maximum absolute atomic E-state index is 5.45. The van der Waals surface area contributed by atoms with E-state index in [0.29, 0.717) is 6.54 Å². The zero-order valence-corrected chi connectivity index (χ0v) is 21.6. The predicted molar refractivity (Wildman–Crippen MR) is 144 cm³/mol. The third kappa shape index (κ3) is 6.70. The Balaban J connectivity index is 0.00000306. The summed E-state index contributed by atoms with van der Waals surface area (Å²) in [6.07, 6.45) is 6.42. The normalized spacial score (nSPS) is 15.0. The minimum Gasteiger partial charge on any atom is -0.497 e. The zero-order valence-electron chi connectivity index (χ0n) is 19.3. The van der Waals surface area contributed by atoms with E-state index in [-0.39, 0.29) is 30.0 Å². The molecule has 33 heavy (non-hydrogen) atoms. The number of nitrogens with one attached hydrogen (secondary N) is 2. The van der Waals surface area contributed by atoms with Crippen molar-refractivity contribution in [3.63, 3.8) is 0 Å². The van der Waals surface area contributed by atoms with E-state index >= 15 is 0 Å². The molecule has 1 unspecified atom stereocenters. The van der Waals surface area contributed by atoms with Crippen LogP contribution < -0.4 is 15.4 Å². The molecule has 0 radical (unpaired) electrons. The first-order chi connectivity index (χ1) is 15.8. The van der Waals surface area contributed by atoms with Crippen LogP contribution in [0.15, 0.2) is 72.0 Å². The Morgan fingerprint density at radius 2 is 1.88 bits per heavy atom.